The number of pyridine rings is 1. The van der Waals surface area contributed by atoms with Crippen molar-refractivity contribution >= 4 is 32.6 Å². The fourth-order valence-electron chi connectivity index (χ4n) is 4.41. The summed E-state index contributed by atoms with van der Waals surface area (Å²) >= 11 is 6.93. The van der Waals surface area contributed by atoms with Crippen LogP contribution in [0.1, 0.15) is 11.1 Å². The number of rotatable bonds is 4. The average molecular weight is 496 g/mol. The van der Waals surface area contributed by atoms with Gasteiger partial charge in [-0.05, 0) is 60.4 Å². The summed E-state index contributed by atoms with van der Waals surface area (Å²) in [4.78, 5) is 4.90. The van der Waals surface area contributed by atoms with Crippen LogP contribution in [-0.4, -0.2) is 27.3 Å². The molecule has 4 aromatic rings. The number of ether oxygens (including phenoxy) is 3. The van der Waals surface area contributed by atoms with Gasteiger partial charge in [-0.2, -0.15) is 8.42 Å². The number of nitrogens with zero attached hydrogens (tertiary/aromatic N) is 1. The topological polar surface area (TPSA) is 84.0 Å². The molecule has 0 unspecified atom stereocenters. The second-order valence-electron chi connectivity index (χ2n) is 7.96. The lowest BCUT2D eigenvalue weighted by atomic mass is 9.87. The van der Waals surface area contributed by atoms with Crippen molar-refractivity contribution in [1.29, 1.82) is 0 Å². The SMILES string of the molecule is COc1ccc2nc3c(c(Cl)c2c1OS(=O)(=O)c1ccccc1)CCc1cc2c(cc1-3)OCO2. The number of aromatic nitrogens is 1. The molecule has 1 aromatic heterocycles. The van der Waals surface area contributed by atoms with E-state index in [-0.39, 0.29) is 23.2 Å². The van der Waals surface area contributed by atoms with Gasteiger partial charge in [0.15, 0.2) is 23.0 Å². The van der Waals surface area contributed by atoms with Gasteiger partial charge in [0.2, 0.25) is 6.79 Å². The molecule has 0 atom stereocenters. The van der Waals surface area contributed by atoms with Crippen LogP contribution in [0.5, 0.6) is 23.0 Å². The minimum absolute atomic E-state index is 0.0145. The van der Waals surface area contributed by atoms with Crippen LogP contribution in [0, 0.1) is 0 Å². The van der Waals surface area contributed by atoms with Gasteiger partial charge in [0.25, 0.3) is 0 Å². The second kappa shape index (κ2) is 7.78. The third-order valence-corrected chi connectivity index (χ3v) is 7.70. The van der Waals surface area contributed by atoms with Crippen LogP contribution in [0.15, 0.2) is 59.5 Å². The molecule has 0 saturated heterocycles. The molecule has 0 N–H and O–H groups in total. The molecule has 2 aliphatic rings. The van der Waals surface area contributed by atoms with E-state index in [2.05, 4.69) is 0 Å². The summed E-state index contributed by atoms with van der Waals surface area (Å²) in [6, 6.07) is 15.2. The molecule has 0 saturated carbocycles. The molecule has 1 aliphatic heterocycles. The van der Waals surface area contributed by atoms with Crippen LogP contribution in [0.4, 0.5) is 0 Å². The first-order valence-corrected chi connectivity index (χ1v) is 12.4. The number of hydrogen-bond donors (Lipinski definition) is 0. The van der Waals surface area contributed by atoms with E-state index in [1.807, 2.05) is 12.1 Å². The summed E-state index contributed by atoms with van der Waals surface area (Å²) in [7, 11) is -2.68. The third kappa shape index (κ3) is 3.25. The first-order valence-electron chi connectivity index (χ1n) is 10.6. The number of benzene rings is 3. The Morgan fingerprint density at radius 1 is 1.00 bits per heavy atom. The van der Waals surface area contributed by atoms with Crippen LogP contribution < -0.4 is 18.4 Å². The van der Waals surface area contributed by atoms with E-state index < -0.39 is 10.1 Å². The predicted octanol–water partition coefficient (Wildman–Crippen LogP) is 5.16. The molecule has 9 heteroatoms. The van der Waals surface area contributed by atoms with Crippen molar-refractivity contribution < 1.29 is 26.8 Å². The first-order chi connectivity index (χ1) is 16.5. The zero-order valence-corrected chi connectivity index (χ0v) is 19.6. The van der Waals surface area contributed by atoms with E-state index in [4.69, 9.17) is 35.0 Å². The minimum Gasteiger partial charge on any atom is -0.493 e. The van der Waals surface area contributed by atoms with Gasteiger partial charge >= 0.3 is 10.1 Å². The van der Waals surface area contributed by atoms with Crippen molar-refractivity contribution in [2.45, 2.75) is 17.7 Å². The lowest BCUT2D eigenvalue weighted by molar-refractivity contribution is 0.174. The minimum atomic E-state index is -4.13. The van der Waals surface area contributed by atoms with Crippen LogP contribution in [0.25, 0.3) is 22.2 Å². The molecular weight excluding hydrogens is 478 g/mol. The van der Waals surface area contributed by atoms with Gasteiger partial charge in [-0.3, -0.25) is 0 Å². The van der Waals surface area contributed by atoms with Gasteiger partial charge < -0.3 is 18.4 Å². The summed E-state index contributed by atoms with van der Waals surface area (Å²) in [5, 5.41) is 0.781. The smallest absolute Gasteiger partial charge is 0.339 e. The standard InChI is InChI=1S/C25H18ClNO6S/c1-30-19-10-9-18-22(25(19)33-34(28,29)15-5-3-2-4-6-15)23(26)16-8-7-14-11-20-21(32-13-31-20)12-17(14)24(16)27-18/h2-6,9-12H,7-8,13H2,1H3. The molecule has 0 fully saturated rings. The quantitative estimate of drug-likeness (QED) is 0.361. The molecule has 6 rings (SSSR count). The van der Waals surface area contributed by atoms with E-state index in [9.17, 15) is 8.42 Å². The first kappa shape index (κ1) is 21.1. The van der Waals surface area contributed by atoms with Crippen molar-refractivity contribution in [3.63, 3.8) is 0 Å². The maximum atomic E-state index is 13.0. The lowest BCUT2D eigenvalue weighted by Gasteiger charge is -2.23. The van der Waals surface area contributed by atoms with Gasteiger partial charge in [-0.1, -0.05) is 29.8 Å². The maximum absolute atomic E-state index is 13.0. The Balaban J connectivity index is 1.56. The van der Waals surface area contributed by atoms with E-state index in [0.29, 0.717) is 28.1 Å². The highest BCUT2D eigenvalue weighted by Gasteiger charge is 2.29. The third-order valence-electron chi connectivity index (χ3n) is 6.04. The van der Waals surface area contributed by atoms with Gasteiger partial charge in [-0.15, -0.1) is 0 Å². The summed E-state index contributed by atoms with van der Waals surface area (Å²) in [6.07, 6.45) is 1.36. The molecule has 0 radical (unpaired) electrons. The summed E-state index contributed by atoms with van der Waals surface area (Å²) < 4.78 is 48.2. The molecule has 7 nitrogen and oxygen atoms in total. The largest absolute Gasteiger partial charge is 0.493 e. The molecule has 0 bridgehead atoms. The van der Waals surface area contributed by atoms with Crippen molar-refractivity contribution in [3.05, 3.63) is 70.7 Å². The highest BCUT2D eigenvalue weighted by atomic mass is 35.5. The van der Waals surface area contributed by atoms with Gasteiger partial charge in [-0.25, -0.2) is 4.98 Å². The van der Waals surface area contributed by atoms with Crippen LogP contribution in [0.2, 0.25) is 5.02 Å². The second-order valence-corrected chi connectivity index (χ2v) is 9.88. The van der Waals surface area contributed by atoms with Crippen LogP contribution in [0.3, 0.4) is 0 Å². The Morgan fingerprint density at radius 3 is 2.53 bits per heavy atom. The zero-order chi connectivity index (χ0) is 23.4. The van der Waals surface area contributed by atoms with Crippen molar-refractivity contribution in [3.8, 4) is 34.3 Å². The van der Waals surface area contributed by atoms with Gasteiger partial charge in [0.05, 0.1) is 28.7 Å². The van der Waals surface area contributed by atoms with E-state index in [1.54, 1.807) is 30.3 Å². The monoisotopic (exact) mass is 495 g/mol. The molecule has 0 amide bonds. The summed E-state index contributed by atoms with van der Waals surface area (Å²) in [5.74, 6) is 1.65. The van der Waals surface area contributed by atoms with E-state index in [0.717, 1.165) is 34.6 Å². The Hall–Kier alpha value is -3.49. The number of halogens is 1. The maximum Gasteiger partial charge on any atom is 0.339 e. The van der Waals surface area contributed by atoms with Crippen molar-refractivity contribution in [1.82, 2.24) is 4.98 Å². The fourth-order valence-corrected chi connectivity index (χ4v) is 5.75. The number of fused-ring (bicyclic) bond motifs is 5. The van der Waals surface area contributed by atoms with Gasteiger partial charge in [0.1, 0.15) is 4.90 Å². The van der Waals surface area contributed by atoms with E-state index >= 15 is 0 Å². The lowest BCUT2D eigenvalue weighted by Crippen LogP contribution is -2.12. The molecule has 3 aromatic carbocycles. The van der Waals surface area contributed by atoms with E-state index in [1.165, 1.54) is 19.2 Å². The zero-order valence-electron chi connectivity index (χ0n) is 18.0. The molecular formula is C25H18ClNO6S. The molecule has 0 spiro atoms. The fraction of sp³-hybridized carbons (Fsp3) is 0.160. The summed E-state index contributed by atoms with van der Waals surface area (Å²) in [5.41, 5.74) is 4.06. The van der Waals surface area contributed by atoms with Crippen molar-refractivity contribution in [2.24, 2.45) is 0 Å². The Morgan fingerprint density at radius 2 is 1.76 bits per heavy atom. The Kier molecular flexibility index (Phi) is 4.82. The Bertz CT molecular complexity index is 1570. The van der Waals surface area contributed by atoms with Gasteiger partial charge in [0, 0.05) is 5.56 Å². The summed E-state index contributed by atoms with van der Waals surface area (Å²) in [6.45, 7) is 0.188. The number of hydrogen-bond acceptors (Lipinski definition) is 7. The highest BCUT2D eigenvalue weighted by molar-refractivity contribution is 7.87. The molecule has 172 valence electrons. The average Bonchev–Trinajstić information content (AvgIpc) is 3.30. The Labute approximate surface area is 200 Å². The predicted molar refractivity (Wildman–Crippen MR) is 127 cm³/mol. The van der Waals surface area contributed by atoms with Crippen LogP contribution in [-0.2, 0) is 23.0 Å². The number of aryl methyl sites for hydroxylation is 1. The molecule has 1 aliphatic carbocycles. The number of methoxy groups -OCH3 is 1. The highest BCUT2D eigenvalue weighted by Crippen LogP contribution is 2.48. The normalized spacial score (nSPS) is 13.9. The molecule has 2 heterocycles. The molecule has 34 heavy (non-hydrogen) atoms. The van der Waals surface area contributed by atoms with Crippen LogP contribution >= 0.6 is 11.6 Å². The van der Waals surface area contributed by atoms with Crippen molar-refractivity contribution in [2.75, 3.05) is 13.9 Å².